The van der Waals surface area contributed by atoms with Crippen LogP contribution in [0, 0.1) is 5.41 Å². The van der Waals surface area contributed by atoms with Crippen LogP contribution in [0.1, 0.15) is 37.1 Å². The molecule has 0 radical (unpaired) electrons. The van der Waals surface area contributed by atoms with Crippen molar-refractivity contribution in [1.82, 2.24) is 35.4 Å². The predicted molar refractivity (Wildman–Crippen MR) is 155 cm³/mol. The number of hydrogen-bond acceptors (Lipinski definition) is 9. The summed E-state index contributed by atoms with van der Waals surface area (Å²) in [5.41, 5.74) is 6.24. The van der Waals surface area contributed by atoms with Gasteiger partial charge in [-0.2, -0.15) is 0 Å². The van der Waals surface area contributed by atoms with Gasteiger partial charge in [0.05, 0.1) is 29.8 Å². The number of rotatable bonds is 4. The number of piperazine rings is 1. The van der Waals surface area contributed by atoms with E-state index in [1.54, 1.807) is 6.07 Å². The molecule has 206 valence electrons. The lowest BCUT2D eigenvalue weighted by Gasteiger charge is -2.58. The van der Waals surface area contributed by atoms with Gasteiger partial charge in [0.15, 0.2) is 5.65 Å². The van der Waals surface area contributed by atoms with Crippen LogP contribution in [-0.2, 0) is 6.42 Å². The zero-order valence-electron chi connectivity index (χ0n) is 22.8. The first-order valence-electron chi connectivity index (χ1n) is 14.5. The van der Waals surface area contributed by atoms with Crippen LogP contribution in [0.15, 0.2) is 42.7 Å². The number of anilines is 2. The second-order valence-electron chi connectivity index (χ2n) is 12.1. The Morgan fingerprint density at radius 3 is 2.48 bits per heavy atom. The molecule has 40 heavy (non-hydrogen) atoms. The Kier molecular flexibility index (Phi) is 5.50. The Labute approximate surface area is 233 Å². The van der Waals surface area contributed by atoms with Gasteiger partial charge in [-0.15, -0.1) is 10.2 Å². The van der Waals surface area contributed by atoms with Gasteiger partial charge in [-0.3, -0.25) is 4.90 Å². The monoisotopic (exact) mass is 537 g/mol. The molecule has 4 aliphatic rings. The summed E-state index contributed by atoms with van der Waals surface area (Å²) in [5.74, 6) is 0.958. The number of phenols is 1. The number of benzene rings is 1. The topological polar surface area (TPSA) is 109 Å². The third-order valence-electron chi connectivity index (χ3n) is 9.76. The number of H-pyrrole nitrogens is 1. The fraction of sp³-hybridized carbons (Fsp3) is 0.467. The number of fused-ring (bicyclic) bond motifs is 3. The Hall–Kier alpha value is -3.76. The summed E-state index contributed by atoms with van der Waals surface area (Å²) in [7, 11) is 0. The molecular formula is C30H35N9O. The standard InChI is InChI=1S/C30H35N9O/c1-19-27-23-12-25(22-4-2-3-5-26(22)40)35-36-28(23)34-24(27)6-7-39(19)29-32-15-21(16-33-29)38-10-8-37(9-11-38)20-13-30(14-20)17-31-18-30/h2-5,12,15-16,19-20,31,40H,6-11,13-14,17-18H2,1H3,(H,34,36). The van der Waals surface area contributed by atoms with Crippen LogP contribution in [0.25, 0.3) is 22.3 Å². The van der Waals surface area contributed by atoms with E-state index in [0.717, 1.165) is 67.9 Å². The molecule has 1 atom stereocenters. The van der Waals surface area contributed by atoms with Gasteiger partial charge in [-0.1, -0.05) is 12.1 Å². The molecule has 0 bridgehead atoms. The normalized spacial score (nSPS) is 22.8. The van der Waals surface area contributed by atoms with Crippen molar-refractivity contribution in [3.63, 3.8) is 0 Å². The Balaban J connectivity index is 0.980. The lowest BCUT2D eigenvalue weighted by molar-refractivity contribution is -0.0373. The van der Waals surface area contributed by atoms with Crippen LogP contribution in [0.5, 0.6) is 5.75 Å². The molecule has 1 aromatic carbocycles. The minimum atomic E-state index is 0.0740. The van der Waals surface area contributed by atoms with Crippen LogP contribution in [-0.4, -0.2) is 87.0 Å². The maximum Gasteiger partial charge on any atom is 0.225 e. The molecule has 4 aromatic rings. The van der Waals surface area contributed by atoms with Crippen LogP contribution < -0.4 is 15.1 Å². The number of aromatic amines is 1. The number of para-hydroxylation sites is 1. The lowest BCUT2D eigenvalue weighted by Crippen LogP contribution is -2.66. The van der Waals surface area contributed by atoms with Crippen LogP contribution in [0.3, 0.4) is 0 Å². The summed E-state index contributed by atoms with van der Waals surface area (Å²) in [4.78, 5) is 20.6. The van der Waals surface area contributed by atoms with Gasteiger partial charge in [-0.05, 0) is 43.4 Å². The van der Waals surface area contributed by atoms with Crippen LogP contribution in [0.4, 0.5) is 11.6 Å². The van der Waals surface area contributed by atoms with E-state index in [1.807, 2.05) is 36.7 Å². The van der Waals surface area contributed by atoms with Crippen molar-refractivity contribution in [1.29, 1.82) is 0 Å². The first kappa shape index (κ1) is 24.1. The van der Waals surface area contributed by atoms with Crippen molar-refractivity contribution >= 4 is 22.7 Å². The zero-order chi connectivity index (χ0) is 26.8. The fourth-order valence-corrected chi connectivity index (χ4v) is 7.35. The maximum absolute atomic E-state index is 10.4. The van der Waals surface area contributed by atoms with Gasteiger partial charge in [0.1, 0.15) is 5.75 Å². The van der Waals surface area contributed by atoms with E-state index in [1.165, 1.54) is 37.2 Å². The van der Waals surface area contributed by atoms with Gasteiger partial charge < -0.3 is 25.2 Å². The maximum atomic E-state index is 10.4. The summed E-state index contributed by atoms with van der Waals surface area (Å²) in [5, 5.41) is 23.7. The van der Waals surface area contributed by atoms with Gasteiger partial charge in [0, 0.05) is 80.5 Å². The fourth-order valence-electron chi connectivity index (χ4n) is 7.35. The first-order chi connectivity index (χ1) is 19.6. The van der Waals surface area contributed by atoms with Gasteiger partial charge in [0.2, 0.25) is 5.95 Å². The molecule has 1 spiro atoms. The van der Waals surface area contributed by atoms with Crippen molar-refractivity contribution in [2.24, 2.45) is 5.41 Å². The summed E-state index contributed by atoms with van der Waals surface area (Å²) < 4.78 is 0. The number of aromatic nitrogens is 5. The highest BCUT2D eigenvalue weighted by molar-refractivity contribution is 5.86. The molecule has 3 aliphatic heterocycles. The van der Waals surface area contributed by atoms with Gasteiger partial charge in [0.25, 0.3) is 0 Å². The van der Waals surface area contributed by atoms with E-state index in [2.05, 4.69) is 42.1 Å². The lowest BCUT2D eigenvalue weighted by atomic mass is 9.61. The molecular weight excluding hydrogens is 502 g/mol. The summed E-state index contributed by atoms with van der Waals surface area (Å²) >= 11 is 0. The van der Waals surface area contributed by atoms with E-state index in [0.29, 0.717) is 16.7 Å². The molecule has 6 heterocycles. The average Bonchev–Trinajstić information content (AvgIpc) is 3.31. The van der Waals surface area contributed by atoms with Gasteiger partial charge in [-0.25, -0.2) is 9.97 Å². The van der Waals surface area contributed by atoms with Gasteiger partial charge >= 0.3 is 0 Å². The Morgan fingerprint density at radius 1 is 0.975 bits per heavy atom. The number of phenolic OH excluding ortho intramolecular Hbond substituents is 1. The molecule has 3 fully saturated rings. The third kappa shape index (κ3) is 3.84. The van der Waals surface area contributed by atoms with Crippen molar-refractivity contribution in [2.75, 3.05) is 55.6 Å². The summed E-state index contributed by atoms with van der Waals surface area (Å²) in [6, 6.07) is 10.1. The highest BCUT2D eigenvalue weighted by Gasteiger charge is 2.50. The highest BCUT2D eigenvalue weighted by atomic mass is 16.3. The van der Waals surface area contributed by atoms with Crippen molar-refractivity contribution < 1.29 is 5.11 Å². The molecule has 1 unspecified atom stereocenters. The molecule has 10 nitrogen and oxygen atoms in total. The van der Waals surface area contributed by atoms with Crippen LogP contribution in [0.2, 0.25) is 0 Å². The van der Waals surface area contributed by atoms with E-state index in [4.69, 9.17) is 9.97 Å². The van der Waals surface area contributed by atoms with Crippen molar-refractivity contribution in [3.8, 4) is 17.0 Å². The molecule has 1 saturated carbocycles. The summed E-state index contributed by atoms with van der Waals surface area (Å²) in [6.07, 6.45) is 7.58. The second-order valence-corrected chi connectivity index (χ2v) is 12.1. The third-order valence-corrected chi connectivity index (χ3v) is 9.76. The minimum absolute atomic E-state index is 0.0740. The molecule has 0 amide bonds. The van der Waals surface area contributed by atoms with Crippen molar-refractivity contribution in [3.05, 3.63) is 54.0 Å². The quantitative estimate of drug-likeness (QED) is 0.362. The smallest absolute Gasteiger partial charge is 0.225 e. The number of hydrogen-bond donors (Lipinski definition) is 3. The molecule has 10 heteroatoms. The largest absolute Gasteiger partial charge is 0.507 e. The summed E-state index contributed by atoms with van der Waals surface area (Å²) in [6.45, 7) is 9.77. The highest BCUT2D eigenvalue weighted by Crippen LogP contribution is 2.46. The predicted octanol–water partition coefficient (Wildman–Crippen LogP) is 3.12. The Bertz CT molecular complexity index is 1550. The SMILES string of the molecule is CC1c2c([nH]c3nnc(-c4ccccc4O)cc23)CCN1c1ncc(N2CCN(C3CC4(CNC4)C3)CC2)cn1. The van der Waals surface area contributed by atoms with E-state index < -0.39 is 0 Å². The number of nitrogens with one attached hydrogen (secondary N) is 2. The molecule has 3 N–H and O–H groups in total. The average molecular weight is 538 g/mol. The molecule has 8 rings (SSSR count). The Morgan fingerprint density at radius 2 is 1.75 bits per heavy atom. The molecule has 2 saturated heterocycles. The molecule has 1 aliphatic carbocycles. The first-order valence-corrected chi connectivity index (χ1v) is 14.5. The van der Waals surface area contributed by atoms with Crippen LogP contribution >= 0.6 is 0 Å². The van der Waals surface area contributed by atoms with Crippen molar-refractivity contribution in [2.45, 2.75) is 38.3 Å². The number of aromatic hydroxyl groups is 1. The van der Waals surface area contributed by atoms with E-state index in [-0.39, 0.29) is 11.8 Å². The zero-order valence-corrected chi connectivity index (χ0v) is 22.8. The number of nitrogens with zero attached hydrogens (tertiary/aromatic N) is 7. The molecule has 3 aromatic heterocycles. The van der Waals surface area contributed by atoms with E-state index in [9.17, 15) is 5.11 Å². The minimum Gasteiger partial charge on any atom is -0.507 e. The second kappa shape index (κ2) is 9.14. The van der Waals surface area contributed by atoms with E-state index >= 15 is 0 Å².